The topological polar surface area (TPSA) is 46.2 Å². The summed E-state index contributed by atoms with van der Waals surface area (Å²) in [5.41, 5.74) is 6.29. The van der Waals surface area contributed by atoms with Gasteiger partial charge in [0.15, 0.2) is 0 Å². The standard InChI is InChI=1S/C12H25NO/c1-10-6-4-5-7-12(10,8-9-14)11(2,3)13/h10,14H,4-9,13H2,1-3H3. The number of rotatable bonds is 3. The van der Waals surface area contributed by atoms with E-state index in [0.717, 1.165) is 6.42 Å². The van der Waals surface area contributed by atoms with Crippen LogP contribution in [0.5, 0.6) is 0 Å². The molecule has 14 heavy (non-hydrogen) atoms. The van der Waals surface area contributed by atoms with Crippen molar-refractivity contribution in [1.82, 2.24) is 0 Å². The van der Waals surface area contributed by atoms with Gasteiger partial charge in [-0.2, -0.15) is 0 Å². The van der Waals surface area contributed by atoms with Gasteiger partial charge in [-0.05, 0) is 38.0 Å². The van der Waals surface area contributed by atoms with E-state index in [1.54, 1.807) is 0 Å². The van der Waals surface area contributed by atoms with E-state index in [1.807, 2.05) is 0 Å². The lowest BCUT2D eigenvalue weighted by Gasteiger charge is -2.51. The van der Waals surface area contributed by atoms with Gasteiger partial charge in [-0.3, -0.25) is 0 Å². The molecule has 0 spiro atoms. The molecule has 0 saturated heterocycles. The van der Waals surface area contributed by atoms with Crippen molar-refractivity contribution in [2.75, 3.05) is 6.61 Å². The van der Waals surface area contributed by atoms with Crippen LogP contribution in [0.4, 0.5) is 0 Å². The van der Waals surface area contributed by atoms with Gasteiger partial charge in [0.05, 0.1) is 0 Å². The van der Waals surface area contributed by atoms with Crippen LogP contribution in [0.15, 0.2) is 0 Å². The molecule has 1 saturated carbocycles. The van der Waals surface area contributed by atoms with Crippen molar-refractivity contribution in [2.45, 2.75) is 58.4 Å². The summed E-state index contributed by atoms with van der Waals surface area (Å²) < 4.78 is 0. The van der Waals surface area contributed by atoms with Crippen LogP contribution in [-0.2, 0) is 0 Å². The summed E-state index contributed by atoms with van der Waals surface area (Å²) in [6.45, 7) is 6.80. The minimum atomic E-state index is -0.171. The molecule has 0 bridgehead atoms. The number of aliphatic hydroxyl groups excluding tert-OH is 1. The Balaban J connectivity index is 2.89. The normalized spacial score (nSPS) is 34.5. The first-order valence-electron chi connectivity index (χ1n) is 5.84. The second kappa shape index (κ2) is 4.19. The molecule has 0 amide bonds. The first-order chi connectivity index (χ1) is 6.44. The average molecular weight is 199 g/mol. The highest BCUT2D eigenvalue weighted by Gasteiger charge is 2.46. The van der Waals surface area contributed by atoms with E-state index < -0.39 is 0 Å². The Kier molecular flexibility index (Phi) is 3.59. The van der Waals surface area contributed by atoms with E-state index in [2.05, 4.69) is 20.8 Å². The van der Waals surface area contributed by atoms with E-state index in [1.165, 1.54) is 25.7 Å². The van der Waals surface area contributed by atoms with Gasteiger partial charge >= 0.3 is 0 Å². The summed E-state index contributed by atoms with van der Waals surface area (Å²) in [7, 11) is 0. The summed E-state index contributed by atoms with van der Waals surface area (Å²) in [6.07, 6.45) is 5.89. The fraction of sp³-hybridized carbons (Fsp3) is 1.00. The smallest absolute Gasteiger partial charge is 0.0437 e. The Hall–Kier alpha value is -0.0800. The Morgan fingerprint density at radius 3 is 2.50 bits per heavy atom. The molecule has 1 aliphatic carbocycles. The van der Waals surface area contributed by atoms with E-state index >= 15 is 0 Å². The summed E-state index contributed by atoms with van der Waals surface area (Å²) >= 11 is 0. The Morgan fingerprint density at radius 2 is 2.07 bits per heavy atom. The van der Waals surface area contributed by atoms with Crippen LogP contribution >= 0.6 is 0 Å². The summed E-state index contributed by atoms with van der Waals surface area (Å²) in [5.74, 6) is 0.642. The summed E-state index contributed by atoms with van der Waals surface area (Å²) in [4.78, 5) is 0. The number of hydrogen-bond donors (Lipinski definition) is 2. The Morgan fingerprint density at radius 1 is 1.43 bits per heavy atom. The maximum Gasteiger partial charge on any atom is 0.0437 e. The molecule has 0 radical (unpaired) electrons. The minimum Gasteiger partial charge on any atom is -0.396 e. The van der Waals surface area contributed by atoms with Gasteiger partial charge in [-0.25, -0.2) is 0 Å². The number of hydrogen-bond acceptors (Lipinski definition) is 2. The maximum absolute atomic E-state index is 9.21. The van der Waals surface area contributed by atoms with Crippen molar-refractivity contribution in [2.24, 2.45) is 17.1 Å². The van der Waals surface area contributed by atoms with E-state index in [0.29, 0.717) is 5.92 Å². The fourth-order valence-electron chi connectivity index (χ4n) is 3.26. The molecule has 2 atom stereocenters. The number of nitrogens with two attached hydrogens (primary N) is 1. The van der Waals surface area contributed by atoms with Gasteiger partial charge in [0.25, 0.3) is 0 Å². The highest BCUT2D eigenvalue weighted by Crippen LogP contribution is 2.49. The zero-order valence-electron chi connectivity index (χ0n) is 9.84. The van der Waals surface area contributed by atoms with Gasteiger partial charge in [-0.15, -0.1) is 0 Å². The first-order valence-corrected chi connectivity index (χ1v) is 5.84. The Labute approximate surface area is 87.9 Å². The molecule has 2 unspecified atom stereocenters. The van der Waals surface area contributed by atoms with Crippen molar-refractivity contribution in [1.29, 1.82) is 0 Å². The predicted molar refractivity (Wildman–Crippen MR) is 60.0 cm³/mol. The lowest BCUT2D eigenvalue weighted by Crippen LogP contribution is -2.55. The molecule has 0 aromatic rings. The molecule has 1 rings (SSSR count). The van der Waals surface area contributed by atoms with Gasteiger partial charge in [0, 0.05) is 12.1 Å². The van der Waals surface area contributed by atoms with E-state index in [9.17, 15) is 5.11 Å². The molecule has 1 aliphatic rings. The van der Waals surface area contributed by atoms with E-state index in [-0.39, 0.29) is 17.6 Å². The molecule has 2 heteroatoms. The van der Waals surface area contributed by atoms with Crippen molar-refractivity contribution < 1.29 is 5.11 Å². The van der Waals surface area contributed by atoms with Gasteiger partial charge in [0.1, 0.15) is 0 Å². The molecule has 84 valence electrons. The molecular formula is C12H25NO. The molecule has 1 fully saturated rings. The molecule has 0 aromatic heterocycles. The number of aliphatic hydroxyl groups is 1. The van der Waals surface area contributed by atoms with Gasteiger partial charge < -0.3 is 10.8 Å². The SMILES string of the molecule is CC1CCCCC1(CCO)C(C)(C)N. The van der Waals surface area contributed by atoms with Crippen LogP contribution in [0.25, 0.3) is 0 Å². The molecule has 0 heterocycles. The minimum absolute atomic E-state index is 0.153. The van der Waals surface area contributed by atoms with Crippen LogP contribution in [0.2, 0.25) is 0 Å². The Bertz CT molecular complexity index is 181. The van der Waals surface area contributed by atoms with Gasteiger partial charge in [-0.1, -0.05) is 26.2 Å². The third-order valence-electron chi connectivity index (χ3n) is 4.29. The zero-order valence-corrected chi connectivity index (χ0v) is 9.84. The fourth-order valence-corrected chi connectivity index (χ4v) is 3.26. The zero-order chi connectivity index (χ0) is 10.8. The van der Waals surface area contributed by atoms with Crippen LogP contribution in [0.1, 0.15) is 52.9 Å². The van der Waals surface area contributed by atoms with Crippen molar-refractivity contribution in [3.63, 3.8) is 0 Å². The molecule has 2 nitrogen and oxygen atoms in total. The largest absolute Gasteiger partial charge is 0.396 e. The molecular weight excluding hydrogens is 174 g/mol. The maximum atomic E-state index is 9.21. The second-order valence-electron chi connectivity index (χ2n) is 5.50. The van der Waals surface area contributed by atoms with Crippen molar-refractivity contribution >= 4 is 0 Å². The highest BCUT2D eigenvalue weighted by molar-refractivity contribution is 5.01. The van der Waals surface area contributed by atoms with Crippen LogP contribution < -0.4 is 5.73 Å². The summed E-state index contributed by atoms with van der Waals surface area (Å²) in [6, 6.07) is 0. The predicted octanol–water partition coefficient (Wildman–Crippen LogP) is 2.30. The lowest BCUT2D eigenvalue weighted by molar-refractivity contribution is 0.00474. The second-order valence-corrected chi connectivity index (χ2v) is 5.50. The quantitative estimate of drug-likeness (QED) is 0.732. The van der Waals surface area contributed by atoms with Crippen LogP contribution in [0.3, 0.4) is 0 Å². The highest BCUT2D eigenvalue weighted by atomic mass is 16.3. The van der Waals surface area contributed by atoms with Crippen molar-refractivity contribution in [3.8, 4) is 0 Å². The monoisotopic (exact) mass is 199 g/mol. The third kappa shape index (κ3) is 1.96. The third-order valence-corrected chi connectivity index (χ3v) is 4.29. The lowest BCUT2D eigenvalue weighted by atomic mass is 9.56. The van der Waals surface area contributed by atoms with Crippen molar-refractivity contribution in [3.05, 3.63) is 0 Å². The van der Waals surface area contributed by atoms with Gasteiger partial charge in [0.2, 0.25) is 0 Å². The molecule has 3 N–H and O–H groups in total. The average Bonchev–Trinajstić information content (AvgIpc) is 2.07. The summed E-state index contributed by atoms with van der Waals surface area (Å²) in [5, 5.41) is 9.21. The van der Waals surface area contributed by atoms with Crippen LogP contribution in [-0.4, -0.2) is 17.3 Å². The van der Waals surface area contributed by atoms with Crippen LogP contribution in [0, 0.1) is 11.3 Å². The first kappa shape index (κ1) is 12.0. The molecule has 0 aliphatic heterocycles. The molecule has 0 aromatic carbocycles. The van der Waals surface area contributed by atoms with E-state index in [4.69, 9.17) is 5.73 Å².